The number of hydrogen-bond acceptors (Lipinski definition) is 4. The van der Waals surface area contributed by atoms with Crippen molar-refractivity contribution in [1.82, 2.24) is 24.4 Å². The summed E-state index contributed by atoms with van der Waals surface area (Å²) in [6.07, 6.45) is 8.94. The monoisotopic (exact) mass is 407 g/mol. The molecule has 1 amide bonds. The molecule has 1 aromatic carbocycles. The van der Waals surface area contributed by atoms with Crippen molar-refractivity contribution in [3.8, 4) is 0 Å². The van der Waals surface area contributed by atoms with Crippen LogP contribution in [0.2, 0.25) is 0 Å². The van der Waals surface area contributed by atoms with Gasteiger partial charge in [-0.3, -0.25) is 14.2 Å². The molecule has 1 aliphatic rings. The van der Waals surface area contributed by atoms with Crippen LogP contribution in [0.3, 0.4) is 0 Å². The maximum Gasteiger partial charge on any atom is 0.261 e. The number of benzene rings is 1. The first-order valence-corrected chi connectivity index (χ1v) is 10.8. The summed E-state index contributed by atoms with van der Waals surface area (Å²) in [7, 11) is 0. The van der Waals surface area contributed by atoms with Gasteiger partial charge in [0.05, 0.1) is 10.9 Å². The van der Waals surface area contributed by atoms with Gasteiger partial charge < -0.3 is 9.88 Å². The Morgan fingerprint density at radius 1 is 1.23 bits per heavy atom. The Hall–Kier alpha value is -2.96. The first-order chi connectivity index (χ1) is 14.5. The molecule has 0 saturated heterocycles. The topological polar surface area (TPSA) is 81.8 Å². The van der Waals surface area contributed by atoms with Crippen LogP contribution in [0, 0.1) is 12.8 Å². The molecule has 7 nitrogen and oxygen atoms in total. The van der Waals surface area contributed by atoms with Gasteiger partial charge in [-0.15, -0.1) is 0 Å². The summed E-state index contributed by atoms with van der Waals surface area (Å²) in [6, 6.07) is 5.21. The van der Waals surface area contributed by atoms with Gasteiger partial charge in [0.2, 0.25) is 0 Å². The highest BCUT2D eigenvalue weighted by atomic mass is 16.1. The molecule has 7 heteroatoms. The van der Waals surface area contributed by atoms with E-state index in [-0.39, 0.29) is 17.4 Å². The SMILES string of the molecule is Cc1nccn1C[C@H](C)CNC(=O)c1ccc2c(=O)n3c(nc2c1)CCCCCC3. The highest BCUT2D eigenvalue weighted by Gasteiger charge is 2.15. The molecule has 1 aliphatic heterocycles. The average Bonchev–Trinajstić information content (AvgIpc) is 3.11. The molecule has 4 rings (SSSR count). The summed E-state index contributed by atoms with van der Waals surface area (Å²) in [6.45, 7) is 6.16. The lowest BCUT2D eigenvalue weighted by molar-refractivity contribution is 0.0947. The fourth-order valence-electron chi connectivity index (χ4n) is 4.10. The minimum absolute atomic E-state index is 0.00758. The van der Waals surface area contributed by atoms with Gasteiger partial charge in [-0.05, 0) is 43.9 Å². The van der Waals surface area contributed by atoms with Gasteiger partial charge in [0, 0.05) is 44.0 Å². The zero-order valence-electron chi connectivity index (χ0n) is 17.7. The van der Waals surface area contributed by atoms with Gasteiger partial charge in [0.25, 0.3) is 11.5 Å². The van der Waals surface area contributed by atoms with Crippen LogP contribution in [0.15, 0.2) is 35.4 Å². The lowest BCUT2D eigenvalue weighted by atomic mass is 10.1. The summed E-state index contributed by atoms with van der Waals surface area (Å²) in [5.74, 6) is 1.94. The Morgan fingerprint density at radius 2 is 2.07 bits per heavy atom. The second-order valence-corrected chi connectivity index (χ2v) is 8.32. The number of aryl methyl sites for hydroxylation is 2. The van der Waals surface area contributed by atoms with E-state index in [2.05, 4.69) is 21.8 Å². The molecule has 0 spiro atoms. The van der Waals surface area contributed by atoms with Gasteiger partial charge >= 0.3 is 0 Å². The molecule has 3 aromatic rings. The Labute approximate surface area is 176 Å². The lowest BCUT2D eigenvalue weighted by Gasteiger charge is -2.17. The van der Waals surface area contributed by atoms with Gasteiger partial charge in [-0.1, -0.05) is 19.8 Å². The van der Waals surface area contributed by atoms with E-state index in [0.717, 1.165) is 50.4 Å². The fraction of sp³-hybridized carbons (Fsp3) is 0.478. The molecule has 1 N–H and O–H groups in total. The van der Waals surface area contributed by atoms with E-state index in [1.807, 2.05) is 17.7 Å². The minimum atomic E-state index is -0.139. The molecule has 1 atom stereocenters. The van der Waals surface area contributed by atoms with Crippen LogP contribution in [-0.4, -0.2) is 31.6 Å². The first-order valence-electron chi connectivity index (χ1n) is 10.8. The molecule has 0 unspecified atom stereocenters. The summed E-state index contributed by atoms with van der Waals surface area (Å²) in [5.41, 5.74) is 1.16. The van der Waals surface area contributed by atoms with E-state index < -0.39 is 0 Å². The second-order valence-electron chi connectivity index (χ2n) is 8.32. The summed E-state index contributed by atoms with van der Waals surface area (Å²) >= 11 is 0. The Kier molecular flexibility index (Phi) is 5.97. The van der Waals surface area contributed by atoms with Crippen LogP contribution in [-0.2, 0) is 19.5 Å². The summed E-state index contributed by atoms with van der Waals surface area (Å²) < 4.78 is 3.90. The van der Waals surface area contributed by atoms with Crippen molar-refractivity contribution in [1.29, 1.82) is 0 Å². The fourth-order valence-corrected chi connectivity index (χ4v) is 4.10. The molecule has 30 heavy (non-hydrogen) atoms. The molecule has 0 aliphatic carbocycles. The predicted molar refractivity (Wildman–Crippen MR) is 117 cm³/mol. The standard InChI is InChI=1S/C23H29N5O2/c1-16(15-27-12-10-24-17(27)2)14-25-22(29)18-8-9-19-20(13-18)26-21-7-5-3-4-6-11-28(21)23(19)30/h8-10,12-13,16H,3-7,11,14-15H2,1-2H3,(H,25,29)/t16-/m1/s1. The Balaban J connectivity index is 1.49. The van der Waals surface area contributed by atoms with Crippen LogP contribution in [0.1, 0.15) is 54.6 Å². The molecule has 0 bridgehead atoms. The highest BCUT2D eigenvalue weighted by Crippen LogP contribution is 2.16. The lowest BCUT2D eigenvalue weighted by Crippen LogP contribution is -2.30. The van der Waals surface area contributed by atoms with Crippen LogP contribution < -0.4 is 10.9 Å². The van der Waals surface area contributed by atoms with Crippen molar-refractivity contribution in [3.05, 3.63) is 58.2 Å². The van der Waals surface area contributed by atoms with Gasteiger partial charge in [0.1, 0.15) is 11.6 Å². The molecule has 3 heterocycles. The predicted octanol–water partition coefficient (Wildman–Crippen LogP) is 3.08. The first kappa shape index (κ1) is 20.3. The number of rotatable bonds is 5. The molecule has 0 radical (unpaired) electrons. The Bertz CT molecular complexity index is 1110. The minimum Gasteiger partial charge on any atom is -0.352 e. The number of nitrogens with one attached hydrogen (secondary N) is 1. The normalized spacial score (nSPS) is 15.3. The smallest absolute Gasteiger partial charge is 0.261 e. The second kappa shape index (κ2) is 8.81. The quantitative estimate of drug-likeness (QED) is 0.705. The van der Waals surface area contributed by atoms with Gasteiger partial charge in [-0.25, -0.2) is 9.97 Å². The van der Waals surface area contributed by atoms with E-state index >= 15 is 0 Å². The number of amides is 1. The largest absolute Gasteiger partial charge is 0.352 e. The third-order valence-corrected chi connectivity index (χ3v) is 5.87. The van der Waals surface area contributed by atoms with Crippen molar-refractivity contribution in [2.45, 2.75) is 59.0 Å². The molecular formula is C23H29N5O2. The van der Waals surface area contributed by atoms with E-state index in [0.29, 0.717) is 23.0 Å². The van der Waals surface area contributed by atoms with Crippen LogP contribution in [0.25, 0.3) is 10.9 Å². The zero-order chi connectivity index (χ0) is 21.1. The Morgan fingerprint density at radius 3 is 2.87 bits per heavy atom. The van der Waals surface area contributed by atoms with Crippen molar-refractivity contribution < 1.29 is 4.79 Å². The third-order valence-electron chi connectivity index (χ3n) is 5.87. The van der Waals surface area contributed by atoms with Gasteiger partial charge in [-0.2, -0.15) is 0 Å². The number of hydrogen-bond donors (Lipinski definition) is 1. The molecular weight excluding hydrogens is 378 g/mol. The molecule has 2 aromatic heterocycles. The number of nitrogens with zero attached hydrogens (tertiary/aromatic N) is 4. The summed E-state index contributed by atoms with van der Waals surface area (Å²) in [5, 5.41) is 3.59. The van der Waals surface area contributed by atoms with Crippen molar-refractivity contribution >= 4 is 16.8 Å². The molecule has 0 fully saturated rings. The highest BCUT2D eigenvalue weighted by molar-refractivity contribution is 5.97. The van der Waals surface area contributed by atoms with Gasteiger partial charge in [0.15, 0.2) is 0 Å². The number of carbonyl (C=O) groups is 1. The number of aromatic nitrogens is 4. The maximum atomic E-state index is 12.9. The van der Waals surface area contributed by atoms with Crippen LogP contribution in [0.4, 0.5) is 0 Å². The van der Waals surface area contributed by atoms with Crippen molar-refractivity contribution in [2.75, 3.05) is 6.54 Å². The van der Waals surface area contributed by atoms with Crippen LogP contribution in [0.5, 0.6) is 0 Å². The zero-order valence-corrected chi connectivity index (χ0v) is 17.7. The van der Waals surface area contributed by atoms with E-state index in [1.54, 1.807) is 24.4 Å². The van der Waals surface area contributed by atoms with E-state index in [9.17, 15) is 9.59 Å². The maximum absolute atomic E-state index is 12.9. The molecule has 0 saturated carbocycles. The number of carbonyl (C=O) groups excluding carboxylic acids is 1. The van der Waals surface area contributed by atoms with Crippen LogP contribution >= 0.6 is 0 Å². The van der Waals surface area contributed by atoms with Crippen molar-refractivity contribution in [2.24, 2.45) is 5.92 Å². The van der Waals surface area contributed by atoms with Crippen molar-refractivity contribution in [3.63, 3.8) is 0 Å². The summed E-state index contributed by atoms with van der Waals surface area (Å²) in [4.78, 5) is 34.6. The average molecular weight is 408 g/mol. The van der Waals surface area contributed by atoms with E-state index in [1.165, 1.54) is 6.42 Å². The number of fused-ring (bicyclic) bond motifs is 2. The third kappa shape index (κ3) is 4.30. The molecule has 158 valence electrons. The van der Waals surface area contributed by atoms with E-state index in [4.69, 9.17) is 4.98 Å². The number of imidazole rings is 1.